The molecule has 6 nitrogen and oxygen atoms in total. The van der Waals surface area contributed by atoms with Gasteiger partial charge in [-0.15, -0.1) is 0 Å². The monoisotopic (exact) mass is 297 g/mol. The van der Waals surface area contributed by atoms with Crippen LogP contribution in [0.25, 0.3) is 21.8 Å². The summed E-state index contributed by atoms with van der Waals surface area (Å²) in [4.78, 5) is 15.2. The molecule has 1 N–H and O–H groups in total. The Bertz CT molecular complexity index is 877. The molecule has 0 saturated heterocycles. The van der Waals surface area contributed by atoms with Crippen molar-refractivity contribution in [3.05, 3.63) is 46.5 Å². The molecule has 0 bridgehead atoms. The molecule has 3 aromatic rings. The lowest BCUT2D eigenvalue weighted by Gasteiger charge is -2.11. The third kappa shape index (κ3) is 2.28. The van der Waals surface area contributed by atoms with Crippen LogP contribution in [0.15, 0.2) is 36.4 Å². The predicted molar refractivity (Wildman–Crippen MR) is 86.6 cm³/mol. The average Bonchev–Trinajstić information content (AvgIpc) is 2.52. The summed E-state index contributed by atoms with van der Waals surface area (Å²) in [6, 6.07) is 10.3. The number of ether oxygens (including phenoxy) is 1. The van der Waals surface area contributed by atoms with Gasteiger partial charge in [0.15, 0.2) is 0 Å². The lowest BCUT2D eigenvalue weighted by atomic mass is 10.1. The van der Waals surface area contributed by atoms with Gasteiger partial charge in [-0.2, -0.15) is 0 Å². The molecule has 1 aromatic heterocycles. The van der Waals surface area contributed by atoms with Gasteiger partial charge >= 0.3 is 0 Å². The Morgan fingerprint density at radius 1 is 1.18 bits per heavy atom. The number of rotatable bonds is 4. The highest BCUT2D eigenvalue weighted by molar-refractivity contribution is 6.08. The SMILES string of the molecule is CCOc1ccc2nc3ccc([N+](=O)[O-])cc3c(NC)c2c1. The molecule has 6 heteroatoms. The number of nitrogens with one attached hydrogen (secondary N) is 1. The number of hydrogen-bond acceptors (Lipinski definition) is 5. The molecule has 112 valence electrons. The Kier molecular flexibility index (Phi) is 3.50. The molecule has 0 aliphatic carbocycles. The summed E-state index contributed by atoms with van der Waals surface area (Å²) < 4.78 is 5.52. The lowest BCUT2D eigenvalue weighted by molar-refractivity contribution is -0.384. The van der Waals surface area contributed by atoms with Crippen LogP contribution in [0.3, 0.4) is 0 Å². The molecule has 22 heavy (non-hydrogen) atoms. The molecule has 0 saturated carbocycles. The van der Waals surface area contributed by atoms with Crippen molar-refractivity contribution < 1.29 is 9.66 Å². The molecule has 0 atom stereocenters. The number of nitro groups is 1. The second-order valence-electron chi connectivity index (χ2n) is 4.81. The van der Waals surface area contributed by atoms with E-state index in [1.54, 1.807) is 19.2 Å². The number of fused-ring (bicyclic) bond motifs is 2. The zero-order chi connectivity index (χ0) is 15.7. The van der Waals surface area contributed by atoms with Crippen molar-refractivity contribution in [2.45, 2.75) is 6.92 Å². The maximum Gasteiger partial charge on any atom is 0.270 e. The van der Waals surface area contributed by atoms with E-state index in [0.717, 1.165) is 27.7 Å². The van der Waals surface area contributed by atoms with Gasteiger partial charge in [-0.25, -0.2) is 4.98 Å². The number of nitrogens with zero attached hydrogens (tertiary/aromatic N) is 2. The number of aromatic nitrogens is 1. The van der Waals surface area contributed by atoms with Crippen LogP contribution in [0.1, 0.15) is 6.92 Å². The molecule has 0 radical (unpaired) electrons. The smallest absolute Gasteiger partial charge is 0.270 e. The highest BCUT2D eigenvalue weighted by atomic mass is 16.6. The molecule has 0 fully saturated rings. The summed E-state index contributed by atoms with van der Waals surface area (Å²) in [7, 11) is 1.79. The lowest BCUT2D eigenvalue weighted by Crippen LogP contribution is -1.97. The fourth-order valence-electron chi connectivity index (χ4n) is 2.55. The van der Waals surface area contributed by atoms with Gasteiger partial charge in [0, 0.05) is 30.0 Å². The molecule has 3 rings (SSSR count). The minimum absolute atomic E-state index is 0.0473. The van der Waals surface area contributed by atoms with Gasteiger partial charge in [0.05, 0.1) is 28.3 Å². The Labute approximate surface area is 126 Å². The Morgan fingerprint density at radius 2 is 1.86 bits per heavy atom. The van der Waals surface area contributed by atoms with E-state index in [2.05, 4.69) is 10.3 Å². The Hall–Kier alpha value is -2.89. The van der Waals surface area contributed by atoms with E-state index < -0.39 is 4.92 Å². The van der Waals surface area contributed by atoms with Crippen molar-refractivity contribution in [2.75, 3.05) is 19.0 Å². The minimum Gasteiger partial charge on any atom is -0.494 e. The normalized spacial score (nSPS) is 10.8. The van der Waals surface area contributed by atoms with E-state index in [0.29, 0.717) is 12.1 Å². The molecule has 0 aliphatic rings. The highest BCUT2D eigenvalue weighted by Gasteiger charge is 2.13. The molecule has 2 aromatic carbocycles. The number of anilines is 1. The van der Waals surface area contributed by atoms with E-state index in [9.17, 15) is 10.1 Å². The van der Waals surface area contributed by atoms with E-state index in [1.165, 1.54) is 6.07 Å². The molecule has 0 amide bonds. The first kappa shape index (κ1) is 14.1. The molecule has 0 unspecified atom stereocenters. The number of pyridine rings is 1. The number of non-ortho nitro benzene ring substituents is 1. The first-order chi connectivity index (χ1) is 10.6. The van der Waals surface area contributed by atoms with Gasteiger partial charge in [-0.05, 0) is 31.2 Å². The summed E-state index contributed by atoms with van der Waals surface area (Å²) in [5.74, 6) is 0.748. The number of hydrogen-bond donors (Lipinski definition) is 1. The van der Waals surface area contributed by atoms with Crippen LogP contribution in [0.2, 0.25) is 0 Å². The van der Waals surface area contributed by atoms with Crippen molar-refractivity contribution in [2.24, 2.45) is 0 Å². The van der Waals surface area contributed by atoms with Crippen molar-refractivity contribution in [1.29, 1.82) is 0 Å². The van der Waals surface area contributed by atoms with Gasteiger partial charge in [-0.1, -0.05) is 0 Å². The van der Waals surface area contributed by atoms with E-state index >= 15 is 0 Å². The topological polar surface area (TPSA) is 77.3 Å². The Morgan fingerprint density at radius 3 is 2.50 bits per heavy atom. The summed E-state index contributed by atoms with van der Waals surface area (Å²) in [6.45, 7) is 2.50. The van der Waals surface area contributed by atoms with E-state index in [4.69, 9.17) is 4.74 Å². The number of benzene rings is 2. The maximum absolute atomic E-state index is 11.0. The average molecular weight is 297 g/mol. The first-order valence-electron chi connectivity index (χ1n) is 6.96. The van der Waals surface area contributed by atoms with Gasteiger partial charge < -0.3 is 10.1 Å². The number of nitro benzene ring substituents is 1. The van der Waals surface area contributed by atoms with Gasteiger partial charge in [0.2, 0.25) is 0 Å². The minimum atomic E-state index is -0.403. The van der Waals surface area contributed by atoms with Crippen LogP contribution in [0.4, 0.5) is 11.4 Å². The van der Waals surface area contributed by atoms with Crippen LogP contribution in [-0.2, 0) is 0 Å². The highest BCUT2D eigenvalue weighted by Crippen LogP contribution is 2.34. The third-order valence-electron chi connectivity index (χ3n) is 3.50. The van der Waals surface area contributed by atoms with Crippen LogP contribution in [0.5, 0.6) is 5.75 Å². The van der Waals surface area contributed by atoms with Gasteiger partial charge in [0.25, 0.3) is 5.69 Å². The van der Waals surface area contributed by atoms with Gasteiger partial charge in [-0.3, -0.25) is 10.1 Å². The largest absolute Gasteiger partial charge is 0.494 e. The summed E-state index contributed by atoms with van der Waals surface area (Å²) in [5.41, 5.74) is 2.39. The quantitative estimate of drug-likeness (QED) is 0.451. The third-order valence-corrected chi connectivity index (χ3v) is 3.50. The summed E-state index contributed by atoms with van der Waals surface area (Å²) in [6.07, 6.45) is 0. The van der Waals surface area contributed by atoms with Crippen LogP contribution in [0, 0.1) is 10.1 Å². The summed E-state index contributed by atoms with van der Waals surface area (Å²) >= 11 is 0. The standard InChI is InChI=1S/C16H15N3O3/c1-3-22-11-5-7-15-13(9-11)16(17-2)12-8-10(19(20)21)4-6-14(12)18-15/h4-9H,3H2,1-2H3,(H,17,18). The molecule has 1 heterocycles. The molecular weight excluding hydrogens is 282 g/mol. The molecule has 0 aliphatic heterocycles. The van der Waals surface area contributed by atoms with Crippen molar-refractivity contribution in [3.8, 4) is 5.75 Å². The maximum atomic E-state index is 11.0. The van der Waals surface area contributed by atoms with E-state index in [1.807, 2.05) is 25.1 Å². The second kappa shape index (κ2) is 5.48. The molecule has 0 spiro atoms. The van der Waals surface area contributed by atoms with E-state index in [-0.39, 0.29) is 5.69 Å². The second-order valence-corrected chi connectivity index (χ2v) is 4.81. The van der Waals surface area contributed by atoms with Crippen LogP contribution in [-0.4, -0.2) is 23.6 Å². The summed E-state index contributed by atoms with van der Waals surface area (Å²) in [5, 5.41) is 15.7. The fourth-order valence-corrected chi connectivity index (χ4v) is 2.55. The van der Waals surface area contributed by atoms with Crippen molar-refractivity contribution in [3.63, 3.8) is 0 Å². The zero-order valence-electron chi connectivity index (χ0n) is 12.3. The molecular formula is C16H15N3O3. The predicted octanol–water partition coefficient (Wildman–Crippen LogP) is 3.74. The van der Waals surface area contributed by atoms with Crippen LogP contribution >= 0.6 is 0 Å². The first-order valence-corrected chi connectivity index (χ1v) is 6.96. The Balaban J connectivity index is 2.34. The van der Waals surface area contributed by atoms with Crippen LogP contribution < -0.4 is 10.1 Å². The fraction of sp³-hybridized carbons (Fsp3) is 0.188. The van der Waals surface area contributed by atoms with Crippen molar-refractivity contribution in [1.82, 2.24) is 4.98 Å². The van der Waals surface area contributed by atoms with Gasteiger partial charge in [0.1, 0.15) is 5.75 Å². The van der Waals surface area contributed by atoms with Crippen molar-refractivity contribution >= 4 is 33.2 Å². The zero-order valence-corrected chi connectivity index (χ0v) is 12.3.